The largest absolute Gasteiger partial charge is 0.477 e. The van der Waals surface area contributed by atoms with Crippen molar-refractivity contribution < 1.29 is 14.7 Å². The topological polar surface area (TPSA) is 113 Å². The molecule has 8 nitrogen and oxygen atoms in total. The molecule has 0 unspecified atom stereocenters. The summed E-state index contributed by atoms with van der Waals surface area (Å²) in [6.45, 7) is 4.17. The Morgan fingerprint density at radius 3 is 2.75 bits per heavy atom. The van der Waals surface area contributed by atoms with Gasteiger partial charge >= 0.3 is 5.97 Å². The van der Waals surface area contributed by atoms with Crippen LogP contribution >= 0.6 is 0 Å². The van der Waals surface area contributed by atoms with E-state index < -0.39 is 5.97 Å². The first-order valence-electron chi connectivity index (χ1n) is 6.05. The van der Waals surface area contributed by atoms with E-state index in [9.17, 15) is 9.59 Å². The van der Waals surface area contributed by atoms with Crippen LogP contribution in [0.1, 0.15) is 32.1 Å². The molecule has 3 N–H and O–H groups in total. The van der Waals surface area contributed by atoms with Crippen molar-refractivity contribution in [2.45, 2.75) is 20.4 Å². The molecule has 0 aliphatic heterocycles. The summed E-state index contributed by atoms with van der Waals surface area (Å²) in [5, 5.41) is 19.2. The summed E-state index contributed by atoms with van der Waals surface area (Å²) in [6.07, 6.45) is 3.25. The number of rotatable bonds is 5. The molecule has 8 heteroatoms. The van der Waals surface area contributed by atoms with Gasteiger partial charge in [-0.2, -0.15) is 0 Å². The molecule has 0 spiro atoms. The van der Waals surface area contributed by atoms with E-state index in [1.54, 1.807) is 30.9 Å². The molecule has 0 aliphatic carbocycles. The Bertz CT molecular complexity index is 630. The third-order valence-corrected chi connectivity index (χ3v) is 2.98. The monoisotopic (exact) mass is 277 g/mol. The van der Waals surface area contributed by atoms with Crippen LogP contribution in [0.2, 0.25) is 0 Å². The summed E-state index contributed by atoms with van der Waals surface area (Å²) in [5.41, 5.74) is 1.40. The van der Waals surface area contributed by atoms with E-state index in [0.29, 0.717) is 29.9 Å². The van der Waals surface area contributed by atoms with Gasteiger partial charge in [0.05, 0.1) is 18.3 Å². The highest BCUT2D eigenvalue weighted by Gasteiger charge is 2.21. The predicted octanol–water partition coefficient (Wildman–Crippen LogP) is 0.351. The van der Waals surface area contributed by atoms with Crippen LogP contribution in [-0.2, 0) is 6.54 Å². The van der Waals surface area contributed by atoms with Gasteiger partial charge in [-0.15, -0.1) is 5.10 Å². The number of hydrogen-bond donors (Lipinski definition) is 3. The molecule has 0 atom stereocenters. The molecule has 0 saturated carbocycles. The zero-order chi connectivity index (χ0) is 14.7. The highest BCUT2D eigenvalue weighted by Crippen LogP contribution is 2.17. The molecule has 1 amide bonds. The van der Waals surface area contributed by atoms with Crippen molar-refractivity contribution in [1.82, 2.24) is 25.3 Å². The molecule has 0 aromatic carbocycles. The van der Waals surface area contributed by atoms with Gasteiger partial charge in [0.2, 0.25) is 0 Å². The summed E-state index contributed by atoms with van der Waals surface area (Å²) in [7, 11) is 0. The van der Waals surface area contributed by atoms with Crippen molar-refractivity contribution in [3.05, 3.63) is 34.9 Å². The number of aromatic carboxylic acids is 1. The van der Waals surface area contributed by atoms with E-state index >= 15 is 0 Å². The standard InChI is InChI=1S/C12H15N5O3/c1-7-9(8(2)15-10(7)12(19)20)11(18)13-3-5-17-6-4-14-16-17/h4,6,15H,3,5H2,1-2H3,(H,13,18)(H,19,20). The second-order valence-corrected chi connectivity index (χ2v) is 4.35. The fraction of sp³-hybridized carbons (Fsp3) is 0.333. The van der Waals surface area contributed by atoms with Gasteiger partial charge in [0.1, 0.15) is 5.69 Å². The number of carboxylic acid groups (broad SMARTS) is 1. The first-order valence-corrected chi connectivity index (χ1v) is 6.05. The van der Waals surface area contributed by atoms with Gasteiger partial charge in [-0.3, -0.25) is 9.48 Å². The predicted molar refractivity (Wildman–Crippen MR) is 69.6 cm³/mol. The average Bonchev–Trinajstić information content (AvgIpc) is 2.97. The zero-order valence-corrected chi connectivity index (χ0v) is 11.2. The van der Waals surface area contributed by atoms with Crippen LogP contribution < -0.4 is 5.32 Å². The maximum atomic E-state index is 12.1. The molecule has 106 valence electrons. The van der Waals surface area contributed by atoms with Crippen LogP contribution in [0.15, 0.2) is 12.4 Å². The van der Waals surface area contributed by atoms with E-state index in [4.69, 9.17) is 5.11 Å². The number of carbonyl (C=O) groups is 2. The maximum Gasteiger partial charge on any atom is 0.352 e. The molecule has 0 aliphatic rings. The van der Waals surface area contributed by atoms with Crippen molar-refractivity contribution in [3.8, 4) is 0 Å². The van der Waals surface area contributed by atoms with Crippen molar-refractivity contribution in [3.63, 3.8) is 0 Å². The molecular weight excluding hydrogens is 262 g/mol. The summed E-state index contributed by atoms with van der Waals surface area (Å²) >= 11 is 0. The van der Waals surface area contributed by atoms with Crippen molar-refractivity contribution in [1.29, 1.82) is 0 Å². The first kappa shape index (κ1) is 13.8. The number of amides is 1. The molecule has 2 aromatic heterocycles. The van der Waals surface area contributed by atoms with Crippen LogP contribution in [0.4, 0.5) is 0 Å². The van der Waals surface area contributed by atoms with Gasteiger partial charge in [-0.25, -0.2) is 4.79 Å². The fourth-order valence-electron chi connectivity index (χ4n) is 2.03. The second-order valence-electron chi connectivity index (χ2n) is 4.35. The Labute approximate surface area is 114 Å². The smallest absolute Gasteiger partial charge is 0.352 e. The highest BCUT2D eigenvalue weighted by molar-refractivity contribution is 6.00. The quantitative estimate of drug-likeness (QED) is 0.730. The van der Waals surface area contributed by atoms with Crippen LogP contribution in [0.3, 0.4) is 0 Å². The summed E-state index contributed by atoms with van der Waals surface area (Å²) < 4.78 is 1.60. The summed E-state index contributed by atoms with van der Waals surface area (Å²) in [5.74, 6) is -1.38. The third kappa shape index (κ3) is 2.68. The van der Waals surface area contributed by atoms with E-state index in [2.05, 4.69) is 20.6 Å². The van der Waals surface area contributed by atoms with Gasteiger partial charge in [0.25, 0.3) is 5.91 Å². The Hall–Kier alpha value is -2.64. The number of nitrogens with zero attached hydrogens (tertiary/aromatic N) is 3. The van der Waals surface area contributed by atoms with E-state index in [1.165, 1.54) is 0 Å². The van der Waals surface area contributed by atoms with Crippen LogP contribution in [0.25, 0.3) is 0 Å². The Balaban J connectivity index is 2.04. The van der Waals surface area contributed by atoms with E-state index in [0.717, 1.165) is 0 Å². The summed E-state index contributed by atoms with van der Waals surface area (Å²) in [4.78, 5) is 25.8. The lowest BCUT2D eigenvalue weighted by molar-refractivity contribution is 0.0690. The minimum absolute atomic E-state index is 0.0453. The molecule has 2 rings (SSSR count). The number of aryl methyl sites for hydroxylation is 1. The molecule has 20 heavy (non-hydrogen) atoms. The normalized spacial score (nSPS) is 10.5. The number of aromatic amines is 1. The molecule has 2 heterocycles. The Kier molecular flexibility index (Phi) is 3.83. The Morgan fingerprint density at radius 1 is 1.45 bits per heavy atom. The number of carbonyl (C=O) groups excluding carboxylic acids is 1. The number of hydrogen-bond acceptors (Lipinski definition) is 4. The van der Waals surface area contributed by atoms with Crippen molar-refractivity contribution >= 4 is 11.9 Å². The van der Waals surface area contributed by atoms with E-state index in [-0.39, 0.29) is 11.6 Å². The molecular formula is C12H15N5O3. The molecule has 0 saturated heterocycles. The van der Waals surface area contributed by atoms with Crippen LogP contribution in [0, 0.1) is 13.8 Å². The minimum Gasteiger partial charge on any atom is -0.477 e. The van der Waals surface area contributed by atoms with Crippen LogP contribution in [-0.4, -0.2) is 43.5 Å². The highest BCUT2D eigenvalue weighted by atomic mass is 16.4. The van der Waals surface area contributed by atoms with Gasteiger partial charge < -0.3 is 15.4 Å². The lowest BCUT2D eigenvalue weighted by atomic mass is 10.1. The average molecular weight is 277 g/mol. The molecule has 0 radical (unpaired) electrons. The molecule has 2 aromatic rings. The first-order chi connectivity index (χ1) is 9.50. The molecule has 0 fully saturated rings. The molecule has 0 bridgehead atoms. The van der Waals surface area contributed by atoms with Crippen molar-refractivity contribution in [2.75, 3.05) is 6.54 Å². The fourth-order valence-corrected chi connectivity index (χ4v) is 2.03. The SMILES string of the molecule is Cc1[nH]c(C(=O)O)c(C)c1C(=O)NCCn1ccnn1. The van der Waals surface area contributed by atoms with Gasteiger partial charge in [0.15, 0.2) is 0 Å². The number of nitrogens with one attached hydrogen (secondary N) is 2. The lowest BCUT2D eigenvalue weighted by Crippen LogP contribution is -2.28. The van der Waals surface area contributed by atoms with Crippen LogP contribution in [0.5, 0.6) is 0 Å². The lowest BCUT2D eigenvalue weighted by Gasteiger charge is -2.05. The van der Waals surface area contributed by atoms with Gasteiger partial charge in [0, 0.05) is 18.4 Å². The number of aromatic nitrogens is 4. The second kappa shape index (κ2) is 5.55. The minimum atomic E-state index is -1.08. The van der Waals surface area contributed by atoms with Gasteiger partial charge in [-0.05, 0) is 19.4 Å². The third-order valence-electron chi connectivity index (χ3n) is 2.98. The van der Waals surface area contributed by atoms with Crippen molar-refractivity contribution in [2.24, 2.45) is 0 Å². The number of carboxylic acids is 1. The maximum absolute atomic E-state index is 12.1. The Morgan fingerprint density at radius 2 is 2.20 bits per heavy atom. The zero-order valence-electron chi connectivity index (χ0n) is 11.2. The van der Waals surface area contributed by atoms with Gasteiger partial charge in [-0.1, -0.05) is 5.21 Å². The summed E-state index contributed by atoms with van der Waals surface area (Å²) in [6, 6.07) is 0. The number of H-pyrrole nitrogens is 1. The van der Waals surface area contributed by atoms with E-state index in [1.807, 2.05) is 0 Å².